The monoisotopic (exact) mass is 397 g/mol. The second-order valence-corrected chi connectivity index (χ2v) is 7.62. The van der Waals surface area contributed by atoms with Gasteiger partial charge in [-0.2, -0.15) is 0 Å². The average Bonchev–Trinajstić information content (AvgIpc) is 2.53. The van der Waals surface area contributed by atoms with Crippen LogP contribution in [0.15, 0.2) is 36.4 Å². The van der Waals surface area contributed by atoms with Crippen molar-refractivity contribution in [1.29, 1.82) is 0 Å². The van der Waals surface area contributed by atoms with Gasteiger partial charge in [-0.25, -0.2) is 0 Å². The van der Waals surface area contributed by atoms with Crippen LogP contribution in [0.4, 0.5) is 0 Å². The van der Waals surface area contributed by atoms with Crippen LogP contribution in [0.5, 0.6) is 11.5 Å². The van der Waals surface area contributed by atoms with Crippen molar-refractivity contribution in [2.24, 2.45) is 0 Å². The molecule has 3 nitrogen and oxygen atoms in total. The molecular weight excluding hydrogens is 369 g/mol. The molecule has 2 aromatic carbocycles. The summed E-state index contributed by atoms with van der Waals surface area (Å²) in [7, 11) is 0. The quantitative estimate of drug-likeness (QED) is 0.627. The molecule has 0 aliphatic rings. The molecule has 0 heterocycles. The maximum atomic E-state index is 6.48. The fourth-order valence-electron chi connectivity index (χ4n) is 2.33. The first-order valence-corrected chi connectivity index (χ1v) is 9.05. The van der Waals surface area contributed by atoms with Gasteiger partial charge in [0.25, 0.3) is 0 Å². The lowest BCUT2D eigenvalue weighted by atomic mass is 10.1. The minimum absolute atomic E-state index is 0. The fourth-order valence-corrected chi connectivity index (χ4v) is 2.62. The second kappa shape index (κ2) is 10.1. The summed E-state index contributed by atoms with van der Waals surface area (Å²) in [6, 6.07) is 12.2. The van der Waals surface area contributed by atoms with Crippen molar-refractivity contribution in [2.75, 3.05) is 6.61 Å². The van der Waals surface area contributed by atoms with E-state index in [-0.39, 0.29) is 17.9 Å². The Kier molecular flexibility index (Phi) is 8.75. The molecule has 144 valence electrons. The maximum Gasteiger partial charge on any atom is 0.180 e. The maximum absolute atomic E-state index is 6.48. The number of hydrogen-bond donors (Lipinski definition) is 1. The molecular formula is C21H29Cl2NO2. The number of hydrogen-bond acceptors (Lipinski definition) is 3. The second-order valence-electron chi connectivity index (χ2n) is 7.22. The van der Waals surface area contributed by atoms with Crippen LogP contribution in [0.1, 0.15) is 44.4 Å². The van der Waals surface area contributed by atoms with Crippen LogP contribution in [0.2, 0.25) is 5.02 Å². The Hall–Kier alpha value is -1.42. The van der Waals surface area contributed by atoms with Gasteiger partial charge in [-0.3, -0.25) is 0 Å². The van der Waals surface area contributed by atoms with Gasteiger partial charge in [0.1, 0.15) is 6.61 Å². The van der Waals surface area contributed by atoms with Crippen molar-refractivity contribution < 1.29 is 9.47 Å². The van der Waals surface area contributed by atoms with E-state index in [4.69, 9.17) is 21.1 Å². The van der Waals surface area contributed by atoms with Crippen molar-refractivity contribution in [3.8, 4) is 11.5 Å². The van der Waals surface area contributed by atoms with Gasteiger partial charge in [-0.15, -0.1) is 12.4 Å². The van der Waals surface area contributed by atoms with Crippen LogP contribution < -0.4 is 14.8 Å². The van der Waals surface area contributed by atoms with E-state index >= 15 is 0 Å². The Morgan fingerprint density at radius 2 is 1.65 bits per heavy atom. The SMILES string of the molecule is CCOc1cc(CNC(C)(C)C)cc(Cl)c1OCc1ccc(C)cc1.Cl. The summed E-state index contributed by atoms with van der Waals surface area (Å²) in [5.74, 6) is 1.29. The zero-order chi connectivity index (χ0) is 18.4. The number of ether oxygens (including phenoxy) is 2. The van der Waals surface area contributed by atoms with Gasteiger partial charge in [-0.1, -0.05) is 41.4 Å². The summed E-state index contributed by atoms with van der Waals surface area (Å²) >= 11 is 6.48. The summed E-state index contributed by atoms with van der Waals surface area (Å²) < 4.78 is 11.7. The molecule has 0 atom stereocenters. The number of halogens is 2. The van der Waals surface area contributed by atoms with Crippen LogP contribution in [-0.4, -0.2) is 12.1 Å². The van der Waals surface area contributed by atoms with E-state index in [1.165, 1.54) is 5.56 Å². The Bertz CT molecular complexity index is 694. The molecule has 26 heavy (non-hydrogen) atoms. The zero-order valence-corrected chi connectivity index (χ0v) is 17.8. The van der Waals surface area contributed by atoms with E-state index in [1.807, 2.05) is 19.1 Å². The minimum Gasteiger partial charge on any atom is -0.490 e. The molecule has 0 aromatic heterocycles. The third kappa shape index (κ3) is 7.06. The summed E-state index contributed by atoms with van der Waals surface area (Å²) in [6.45, 7) is 12.2. The molecule has 0 aliphatic carbocycles. The van der Waals surface area contributed by atoms with Gasteiger partial charge in [-0.05, 0) is 57.9 Å². The van der Waals surface area contributed by atoms with Crippen LogP contribution in [0.25, 0.3) is 0 Å². The van der Waals surface area contributed by atoms with Gasteiger partial charge in [0, 0.05) is 12.1 Å². The van der Waals surface area contributed by atoms with E-state index in [2.05, 4.69) is 57.3 Å². The van der Waals surface area contributed by atoms with Crippen LogP contribution >= 0.6 is 24.0 Å². The molecule has 0 amide bonds. The predicted octanol–water partition coefficient (Wildman–Crippen LogP) is 5.94. The van der Waals surface area contributed by atoms with Crippen LogP contribution in [0, 0.1) is 6.92 Å². The first-order chi connectivity index (χ1) is 11.8. The zero-order valence-electron chi connectivity index (χ0n) is 16.2. The highest BCUT2D eigenvalue weighted by molar-refractivity contribution is 6.32. The van der Waals surface area contributed by atoms with E-state index in [9.17, 15) is 0 Å². The van der Waals surface area contributed by atoms with Crippen molar-refractivity contribution in [1.82, 2.24) is 5.32 Å². The lowest BCUT2D eigenvalue weighted by molar-refractivity contribution is 0.269. The third-order valence-corrected chi connectivity index (χ3v) is 3.98. The van der Waals surface area contributed by atoms with E-state index in [1.54, 1.807) is 0 Å². The summed E-state index contributed by atoms with van der Waals surface area (Å²) in [4.78, 5) is 0. The van der Waals surface area contributed by atoms with Crippen molar-refractivity contribution in [3.63, 3.8) is 0 Å². The molecule has 0 spiro atoms. The standard InChI is InChI=1S/C21H28ClNO2.ClH/c1-6-24-19-12-17(13-23-21(3,4)5)11-18(22)20(19)25-14-16-9-7-15(2)8-10-16;/h7-12,23H,6,13-14H2,1-5H3;1H. The van der Waals surface area contributed by atoms with Gasteiger partial charge >= 0.3 is 0 Å². The summed E-state index contributed by atoms with van der Waals surface area (Å²) in [5.41, 5.74) is 3.44. The Morgan fingerprint density at radius 1 is 1.00 bits per heavy atom. The molecule has 1 N–H and O–H groups in total. The molecule has 2 rings (SSSR count). The molecule has 5 heteroatoms. The largest absolute Gasteiger partial charge is 0.490 e. The lowest BCUT2D eigenvalue weighted by Gasteiger charge is -2.21. The molecule has 0 saturated carbocycles. The van der Waals surface area contributed by atoms with Gasteiger partial charge < -0.3 is 14.8 Å². The van der Waals surface area contributed by atoms with Crippen molar-refractivity contribution >= 4 is 24.0 Å². The molecule has 0 unspecified atom stereocenters. The molecule has 0 radical (unpaired) electrons. The lowest BCUT2D eigenvalue weighted by Crippen LogP contribution is -2.35. The Balaban J connectivity index is 0.00000338. The molecule has 0 saturated heterocycles. The average molecular weight is 398 g/mol. The van der Waals surface area contributed by atoms with Gasteiger partial charge in [0.2, 0.25) is 0 Å². The van der Waals surface area contributed by atoms with E-state index < -0.39 is 0 Å². The Labute approximate surface area is 168 Å². The molecule has 0 fully saturated rings. The fraction of sp³-hybridized carbons (Fsp3) is 0.429. The molecule has 2 aromatic rings. The summed E-state index contributed by atoms with van der Waals surface area (Å²) in [5, 5.41) is 4.04. The number of rotatable bonds is 7. The topological polar surface area (TPSA) is 30.5 Å². The third-order valence-electron chi connectivity index (χ3n) is 3.70. The Morgan fingerprint density at radius 3 is 2.23 bits per heavy atom. The highest BCUT2D eigenvalue weighted by atomic mass is 35.5. The first-order valence-electron chi connectivity index (χ1n) is 8.67. The van der Waals surface area contributed by atoms with Crippen molar-refractivity contribution in [2.45, 2.75) is 53.3 Å². The highest BCUT2D eigenvalue weighted by Gasteiger charge is 2.15. The van der Waals surface area contributed by atoms with Gasteiger partial charge in [0.15, 0.2) is 11.5 Å². The summed E-state index contributed by atoms with van der Waals surface area (Å²) in [6.07, 6.45) is 0. The van der Waals surface area contributed by atoms with Crippen LogP contribution in [-0.2, 0) is 13.2 Å². The van der Waals surface area contributed by atoms with Gasteiger partial charge in [0.05, 0.1) is 11.6 Å². The normalized spacial score (nSPS) is 11.0. The predicted molar refractivity (Wildman–Crippen MR) is 112 cm³/mol. The number of nitrogens with one attached hydrogen (secondary N) is 1. The highest BCUT2D eigenvalue weighted by Crippen LogP contribution is 2.37. The van der Waals surface area contributed by atoms with E-state index in [0.29, 0.717) is 29.7 Å². The molecule has 0 bridgehead atoms. The minimum atomic E-state index is 0. The number of benzene rings is 2. The van der Waals surface area contributed by atoms with Crippen molar-refractivity contribution in [3.05, 3.63) is 58.1 Å². The molecule has 0 aliphatic heterocycles. The number of aryl methyl sites for hydroxylation is 1. The smallest absolute Gasteiger partial charge is 0.180 e. The van der Waals surface area contributed by atoms with Crippen LogP contribution in [0.3, 0.4) is 0 Å². The first kappa shape index (κ1) is 22.6. The van der Waals surface area contributed by atoms with E-state index in [0.717, 1.165) is 17.7 Å².